The molecule has 6 rings (SSSR count). The van der Waals surface area contributed by atoms with Gasteiger partial charge in [-0.05, 0) is 80.5 Å². The second-order valence-electron chi connectivity index (χ2n) is 11.5. The van der Waals surface area contributed by atoms with Crippen LogP contribution in [0.1, 0.15) is 49.8 Å². The fraction of sp³-hybridized carbons (Fsp3) is 0.438. The molecule has 10 heteroatoms. The van der Waals surface area contributed by atoms with Crippen molar-refractivity contribution in [1.82, 2.24) is 25.2 Å². The van der Waals surface area contributed by atoms with Crippen LogP contribution in [0.4, 0.5) is 18.9 Å². The Labute approximate surface area is 243 Å². The molecule has 3 aromatic rings. The van der Waals surface area contributed by atoms with E-state index in [1.165, 1.54) is 17.7 Å². The number of alkyl halides is 3. The number of carbonyl (C=O) groups excluding carboxylic acids is 1. The Hall–Kier alpha value is -3.79. The van der Waals surface area contributed by atoms with Crippen molar-refractivity contribution in [2.24, 2.45) is 5.92 Å². The van der Waals surface area contributed by atoms with Crippen molar-refractivity contribution in [2.45, 2.75) is 56.8 Å². The first-order chi connectivity index (χ1) is 20.3. The number of rotatable bonds is 6. The number of amides is 1. The van der Waals surface area contributed by atoms with Gasteiger partial charge in [-0.2, -0.15) is 13.2 Å². The molecule has 1 aromatic carbocycles. The number of piperidine rings is 1. The van der Waals surface area contributed by atoms with Crippen molar-refractivity contribution in [1.29, 1.82) is 0 Å². The standard InChI is InChI=1S/C32H35F3N6O/c33-32(34,35)25-3-1-4-28(19-25)40-16-11-23(12-17-40)31(42)41-18-13-27(21-41)39-26-8-5-22(6-9-26)29-10-7-24(20-38-29)30-36-14-2-15-37-30/h1-5,7,10,14-15,19-20,23,26-27,39H,6,8-9,11-13,16-18,21H2/t26?,27-/m0/s1. The van der Waals surface area contributed by atoms with Gasteiger partial charge in [-0.25, -0.2) is 9.97 Å². The van der Waals surface area contributed by atoms with Crippen LogP contribution < -0.4 is 10.2 Å². The summed E-state index contributed by atoms with van der Waals surface area (Å²) in [7, 11) is 0. The van der Waals surface area contributed by atoms with E-state index in [0.29, 0.717) is 50.0 Å². The highest BCUT2D eigenvalue weighted by Crippen LogP contribution is 2.33. The van der Waals surface area contributed by atoms with Gasteiger partial charge in [0.1, 0.15) is 0 Å². The molecule has 42 heavy (non-hydrogen) atoms. The number of benzene rings is 1. The van der Waals surface area contributed by atoms with Crippen molar-refractivity contribution < 1.29 is 18.0 Å². The Morgan fingerprint density at radius 2 is 1.71 bits per heavy atom. The highest BCUT2D eigenvalue weighted by molar-refractivity contribution is 5.79. The molecular formula is C32H35F3N6O. The summed E-state index contributed by atoms with van der Waals surface area (Å²) in [6, 6.07) is 12.0. The zero-order valence-electron chi connectivity index (χ0n) is 23.4. The highest BCUT2D eigenvalue weighted by atomic mass is 19.4. The second kappa shape index (κ2) is 12.2. The van der Waals surface area contributed by atoms with Crippen molar-refractivity contribution in [3.05, 3.63) is 78.4 Å². The van der Waals surface area contributed by atoms with Gasteiger partial charge in [0, 0.05) is 74.0 Å². The van der Waals surface area contributed by atoms with Crippen LogP contribution in [0.2, 0.25) is 0 Å². The van der Waals surface area contributed by atoms with Crippen LogP contribution in [0.3, 0.4) is 0 Å². The van der Waals surface area contributed by atoms with E-state index in [0.717, 1.165) is 49.6 Å². The Kier molecular flexibility index (Phi) is 8.24. The van der Waals surface area contributed by atoms with Gasteiger partial charge in [0.2, 0.25) is 5.91 Å². The van der Waals surface area contributed by atoms with Gasteiger partial charge in [0.25, 0.3) is 0 Å². The lowest BCUT2D eigenvalue weighted by molar-refractivity contribution is -0.137. The summed E-state index contributed by atoms with van der Waals surface area (Å²) in [5.74, 6) is 0.783. The van der Waals surface area contributed by atoms with Crippen LogP contribution >= 0.6 is 0 Å². The summed E-state index contributed by atoms with van der Waals surface area (Å²) in [6.07, 6.45) is 8.36. The lowest BCUT2D eigenvalue weighted by Gasteiger charge is -2.35. The van der Waals surface area contributed by atoms with Gasteiger partial charge in [0.05, 0.1) is 11.3 Å². The summed E-state index contributed by atoms with van der Waals surface area (Å²) in [4.78, 5) is 30.5. The smallest absolute Gasteiger partial charge is 0.371 e. The minimum absolute atomic E-state index is 0.0710. The average Bonchev–Trinajstić information content (AvgIpc) is 3.50. The fourth-order valence-electron chi connectivity index (χ4n) is 6.33. The van der Waals surface area contributed by atoms with E-state index in [-0.39, 0.29) is 17.9 Å². The van der Waals surface area contributed by atoms with E-state index in [1.807, 2.05) is 28.1 Å². The Bertz CT molecular complexity index is 1400. The van der Waals surface area contributed by atoms with Gasteiger partial charge in [0.15, 0.2) is 5.82 Å². The minimum Gasteiger partial charge on any atom is -0.371 e. The first kappa shape index (κ1) is 28.3. The number of nitrogens with zero attached hydrogens (tertiary/aromatic N) is 5. The number of halogens is 3. The molecule has 2 fully saturated rings. The molecular weight excluding hydrogens is 541 g/mol. The van der Waals surface area contributed by atoms with Crippen LogP contribution in [-0.2, 0) is 11.0 Å². The molecule has 0 radical (unpaired) electrons. The molecule has 0 spiro atoms. The van der Waals surface area contributed by atoms with E-state index in [4.69, 9.17) is 0 Å². The predicted octanol–water partition coefficient (Wildman–Crippen LogP) is 5.60. The van der Waals surface area contributed by atoms with Gasteiger partial charge >= 0.3 is 6.18 Å². The van der Waals surface area contributed by atoms with E-state index in [9.17, 15) is 18.0 Å². The van der Waals surface area contributed by atoms with Crippen LogP contribution in [0.5, 0.6) is 0 Å². The first-order valence-electron chi connectivity index (χ1n) is 14.7. The Balaban J connectivity index is 0.960. The highest BCUT2D eigenvalue weighted by Gasteiger charge is 2.35. The topological polar surface area (TPSA) is 74.2 Å². The van der Waals surface area contributed by atoms with Crippen molar-refractivity contribution in [3.8, 4) is 11.4 Å². The van der Waals surface area contributed by atoms with Gasteiger partial charge in [-0.1, -0.05) is 12.1 Å². The second-order valence-corrected chi connectivity index (χ2v) is 11.5. The third kappa shape index (κ3) is 6.48. The monoisotopic (exact) mass is 576 g/mol. The van der Waals surface area contributed by atoms with E-state index in [1.54, 1.807) is 24.5 Å². The third-order valence-corrected chi connectivity index (χ3v) is 8.68. The molecule has 2 atom stereocenters. The number of hydrogen-bond donors (Lipinski definition) is 1. The normalized spacial score (nSPS) is 21.8. The Morgan fingerprint density at radius 1 is 0.905 bits per heavy atom. The van der Waals surface area contributed by atoms with Crippen molar-refractivity contribution in [2.75, 3.05) is 31.1 Å². The Morgan fingerprint density at radius 3 is 2.40 bits per heavy atom. The van der Waals surface area contributed by atoms with Gasteiger partial charge in [-0.15, -0.1) is 0 Å². The van der Waals surface area contributed by atoms with Gasteiger partial charge in [-0.3, -0.25) is 9.78 Å². The molecule has 1 amide bonds. The number of likely N-dealkylation sites (tertiary alicyclic amines) is 1. The lowest BCUT2D eigenvalue weighted by atomic mass is 9.92. The zero-order valence-corrected chi connectivity index (χ0v) is 23.4. The number of aromatic nitrogens is 3. The quantitative estimate of drug-likeness (QED) is 0.412. The molecule has 2 aromatic heterocycles. The number of allylic oxidation sites excluding steroid dienone is 1. The average molecular weight is 577 g/mol. The number of pyridine rings is 1. The SMILES string of the molecule is O=C(C1CCN(c2cccc(C(F)(F)F)c2)CC1)N1CC[C@H](NC2CC=C(c3ccc(-c4ncccn4)cn3)CC2)C1. The van der Waals surface area contributed by atoms with Crippen LogP contribution in [0.15, 0.2) is 67.1 Å². The molecule has 1 aliphatic carbocycles. The molecule has 2 saturated heterocycles. The van der Waals surface area contributed by atoms with Crippen LogP contribution in [0, 0.1) is 5.92 Å². The summed E-state index contributed by atoms with van der Waals surface area (Å²) in [5, 5.41) is 3.78. The molecule has 220 valence electrons. The van der Waals surface area contributed by atoms with Gasteiger partial charge < -0.3 is 15.1 Å². The molecule has 3 aliphatic rings. The minimum atomic E-state index is -4.36. The van der Waals surface area contributed by atoms with Crippen molar-refractivity contribution >= 4 is 17.2 Å². The summed E-state index contributed by atoms with van der Waals surface area (Å²) < 4.78 is 39.4. The molecule has 0 saturated carbocycles. The van der Waals surface area contributed by atoms with E-state index in [2.05, 4.69) is 26.3 Å². The van der Waals surface area contributed by atoms with E-state index >= 15 is 0 Å². The maximum absolute atomic E-state index is 13.3. The molecule has 1 N–H and O–H groups in total. The van der Waals surface area contributed by atoms with Crippen LogP contribution in [-0.4, -0.2) is 64.0 Å². The lowest BCUT2D eigenvalue weighted by Crippen LogP contribution is -2.44. The molecule has 1 unspecified atom stereocenters. The molecule has 2 aliphatic heterocycles. The number of hydrogen-bond acceptors (Lipinski definition) is 6. The molecule has 0 bridgehead atoms. The molecule has 4 heterocycles. The first-order valence-corrected chi connectivity index (χ1v) is 14.7. The largest absolute Gasteiger partial charge is 0.416 e. The third-order valence-electron chi connectivity index (χ3n) is 8.68. The van der Waals surface area contributed by atoms with Crippen molar-refractivity contribution in [3.63, 3.8) is 0 Å². The number of nitrogens with one attached hydrogen (secondary N) is 1. The van der Waals surface area contributed by atoms with E-state index < -0.39 is 11.7 Å². The predicted molar refractivity (Wildman–Crippen MR) is 155 cm³/mol. The zero-order chi connectivity index (χ0) is 29.1. The maximum atomic E-state index is 13.3. The maximum Gasteiger partial charge on any atom is 0.416 e. The number of anilines is 1. The summed E-state index contributed by atoms with van der Waals surface area (Å²) in [5.41, 5.74) is 3.08. The summed E-state index contributed by atoms with van der Waals surface area (Å²) >= 11 is 0. The van der Waals surface area contributed by atoms with Crippen LogP contribution in [0.25, 0.3) is 17.0 Å². The fourth-order valence-corrected chi connectivity index (χ4v) is 6.33. The molecule has 7 nitrogen and oxygen atoms in total. The summed E-state index contributed by atoms with van der Waals surface area (Å²) in [6.45, 7) is 2.63. The number of carbonyl (C=O) groups is 1.